The summed E-state index contributed by atoms with van der Waals surface area (Å²) >= 11 is 0. The van der Waals surface area contributed by atoms with Crippen molar-refractivity contribution in [2.24, 2.45) is 39.4 Å². The molecule has 8 fully saturated rings. The molecule has 9 rings (SSSR count). The van der Waals surface area contributed by atoms with Crippen LogP contribution in [0.4, 0.5) is 0 Å². The molecule has 4 aliphatic carbocycles. The van der Waals surface area contributed by atoms with Crippen LogP contribution in [0.2, 0.25) is 0 Å². The first-order valence-corrected chi connectivity index (χ1v) is 28.9. The summed E-state index contributed by atoms with van der Waals surface area (Å²) in [5, 5.41) is 98.9. The van der Waals surface area contributed by atoms with Crippen molar-refractivity contribution < 1.29 is 115 Å². The van der Waals surface area contributed by atoms with Gasteiger partial charge in [-0.05, 0) is 101 Å². The van der Waals surface area contributed by atoms with Gasteiger partial charge in [-0.2, -0.15) is 8.42 Å². The van der Waals surface area contributed by atoms with Crippen molar-refractivity contribution >= 4 is 16.4 Å². The zero-order valence-electron chi connectivity index (χ0n) is 45.5. The van der Waals surface area contributed by atoms with Gasteiger partial charge in [-0.25, -0.2) is 4.18 Å². The average Bonchev–Trinajstić information content (AvgIpc) is 2.57. The van der Waals surface area contributed by atoms with E-state index in [0.717, 1.165) is 56.9 Å². The van der Waals surface area contributed by atoms with Crippen LogP contribution in [0.1, 0.15) is 106 Å². The molecule has 5 saturated heterocycles. The second-order valence-corrected chi connectivity index (χ2v) is 25.9. The van der Waals surface area contributed by atoms with E-state index in [1.54, 1.807) is 0 Å². The summed E-state index contributed by atoms with van der Waals surface area (Å²) in [5.74, 6) is 0.273. The Hall–Kier alpha value is -1.90. The van der Waals surface area contributed by atoms with Crippen LogP contribution in [0.15, 0.2) is 23.8 Å². The molecule has 5 heterocycles. The van der Waals surface area contributed by atoms with Crippen LogP contribution in [0.5, 0.6) is 0 Å². The summed E-state index contributed by atoms with van der Waals surface area (Å²) in [6.45, 7) is 14.3. The zero-order valence-corrected chi connectivity index (χ0v) is 46.3. The molecule has 0 aromatic heterocycles. The number of esters is 1. The summed E-state index contributed by atoms with van der Waals surface area (Å²) < 4.78 is 97.7. The Bertz CT molecular complexity index is 2300. The highest BCUT2D eigenvalue weighted by Crippen LogP contribution is 2.76. The van der Waals surface area contributed by atoms with Gasteiger partial charge in [-0.3, -0.25) is 9.35 Å². The molecule has 78 heavy (non-hydrogen) atoms. The van der Waals surface area contributed by atoms with Crippen LogP contribution >= 0.6 is 0 Å². The molecule has 2 unspecified atom stereocenters. The van der Waals surface area contributed by atoms with E-state index in [4.69, 9.17) is 51.6 Å². The third kappa shape index (κ3) is 10.4. The number of fused-ring (bicyclic) bond motifs is 4. The normalized spacial score (nSPS) is 50.2. The molecule has 3 saturated carbocycles. The van der Waals surface area contributed by atoms with Gasteiger partial charge in [0.1, 0.15) is 91.1 Å². The molecule has 446 valence electrons. The number of carbonyl (C=O) groups excluding carboxylic acids is 1. The first-order valence-electron chi connectivity index (χ1n) is 27.5. The number of rotatable bonds is 17. The lowest BCUT2D eigenvalue weighted by atomic mass is 9.41. The molecule has 24 nitrogen and oxygen atoms in total. The van der Waals surface area contributed by atoms with Crippen LogP contribution in [0.3, 0.4) is 0 Å². The monoisotopic (exact) mass is 1140 g/mol. The molecule has 1 spiro atoms. The van der Waals surface area contributed by atoms with Crippen molar-refractivity contribution in [2.75, 3.05) is 33.5 Å². The summed E-state index contributed by atoms with van der Waals surface area (Å²) in [5.41, 5.74) is 0.151. The fraction of sp³-hybridized carbons (Fsp3) is 0.906. The molecule has 10 N–H and O–H groups in total. The van der Waals surface area contributed by atoms with Gasteiger partial charge in [0.25, 0.3) is 0 Å². The highest BCUT2D eigenvalue weighted by atomic mass is 32.3. The topological polar surface area (TPSA) is 355 Å². The summed E-state index contributed by atoms with van der Waals surface area (Å²) in [4.78, 5) is 14.4. The standard InChI is InChI=1S/C53H84O24S/c1-24(2)10-9-16-52(7)32-14-18-51(6)26-11-12-31-49(3,4)33(15-17-50(31,5)25(26)13-19-53(32,51)48(63)76-52)72-47-43(35(58)30(23-69-47)77-78(64,65)66)75-45-37(60)36(59)41(29(21-55)71-45)74-44-38(61)40(27(56)22-68-44)73-46-39(62)42(67-8)34(57)28(20-54)70-46/h11,25,27-47,54-62H,1,9-10,12-23H2,2-8H3,(H,64,65,66)/t25-,27-,28-,29-,30-,31?,32-,33?,34-,35+,36-,37-,38-,39-,40+,41-,42+,43-,44+,45+,46+,47+,50-,51+,52+,53-/m1/s1. The summed E-state index contributed by atoms with van der Waals surface area (Å²) in [7, 11) is -3.97. The Kier molecular flexibility index (Phi) is 17.6. The van der Waals surface area contributed by atoms with Gasteiger partial charge >= 0.3 is 16.4 Å². The zero-order chi connectivity index (χ0) is 56.8. The second-order valence-electron chi connectivity index (χ2n) is 24.9. The highest BCUT2D eigenvalue weighted by molar-refractivity contribution is 7.80. The Morgan fingerprint density at radius 1 is 0.718 bits per heavy atom. The third-order valence-corrected chi connectivity index (χ3v) is 20.6. The van der Waals surface area contributed by atoms with Crippen molar-refractivity contribution in [3.63, 3.8) is 0 Å². The fourth-order valence-corrected chi connectivity index (χ4v) is 16.5. The molecular formula is C53H84O24S. The number of hydrogen-bond donors (Lipinski definition) is 10. The predicted octanol–water partition coefficient (Wildman–Crippen LogP) is 0.0507. The minimum Gasteiger partial charge on any atom is -0.459 e. The molecule has 0 amide bonds. The molecule has 0 aromatic carbocycles. The Balaban J connectivity index is 0.897. The number of aliphatic hydroxyl groups excluding tert-OH is 9. The van der Waals surface area contributed by atoms with Gasteiger partial charge in [0, 0.05) is 18.4 Å². The van der Waals surface area contributed by atoms with Crippen molar-refractivity contribution in [1.82, 2.24) is 0 Å². The van der Waals surface area contributed by atoms with Crippen LogP contribution in [-0.2, 0) is 66.7 Å². The summed E-state index contributed by atoms with van der Waals surface area (Å²) in [6.07, 6.45) is -20.7. The minimum absolute atomic E-state index is 0.0549. The van der Waals surface area contributed by atoms with Gasteiger partial charge in [0.05, 0.1) is 37.9 Å². The molecule has 26 atom stereocenters. The number of aliphatic hydroxyl groups is 9. The number of ether oxygens (including phenoxy) is 10. The Labute approximate surface area is 455 Å². The lowest BCUT2D eigenvalue weighted by Crippen LogP contribution is -2.66. The van der Waals surface area contributed by atoms with Crippen molar-refractivity contribution in [2.45, 2.75) is 228 Å². The molecular weight excluding hydrogens is 1050 g/mol. The number of carbonyl (C=O) groups is 1. The van der Waals surface area contributed by atoms with Crippen molar-refractivity contribution in [3.8, 4) is 0 Å². The van der Waals surface area contributed by atoms with E-state index in [1.165, 1.54) is 12.7 Å². The van der Waals surface area contributed by atoms with Crippen LogP contribution in [0.25, 0.3) is 0 Å². The van der Waals surface area contributed by atoms with Crippen LogP contribution in [0, 0.1) is 39.4 Å². The quantitative estimate of drug-likeness (QED) is 0.0523. The summed E-state index contributed by atoms with van der Waals surface area (Å²) in [6, 6.07) is 0. The molecule has 9 aliphatic rings. The van der Waals surface area contributed by atoms with Gasteiger partial charge in [-0.1, -0.05) is 44.9 Å². The molecule has 5 aliphatic heterocycles. The van der Waals surface area contributed by atoms with Crippen LogP contribution in [-0.4, -0.2) is 221 Å². The fourth-order valence-electron chi connectivity index (χ4n) is 16.0. The number of methoxy groups -OCH3 is 1. The first kappa shape index (κ1) is 60.7. The Morgan fingerprint density at radius 2 is 1.36 bits per heavy atom. The lowest BCUT2D eigenvalue weighted by Gasteiger charge is -2.64. The minimum atomic E-state index is -5.17. The smallest absolute Gasteiger partial charge is 0.397 e. The highest BCUT2D eigenvalue weighted by Gasteiger charge is 2.76. The van der Waals surface area contributed by atoms with Gasteiger partial charge in [0.2, 0.25) is 0 Å². The number of hydrogen-bond acceptors (Lipinski definition) is 23. The molecule has 0 bridgehead atoms. The maximum atomic E-state index is 14.4. The molecule has 25 heteroatoms. The largest absolute Gasteiger partial charge is 0.459 e. The van der Waals surface area contributed by atoms with Gasteiger partial charge < -0.3 is 93.3 Å². The Morgan fingerprint density at radius 3 is 2.03 bits per heavy atom. The van der Waals surface area contributed by atoms with Crippen molar-refractivity contribution in [3.05, 3.63) is 23.8 Å². The average molecular weight is 1140 g/mol. The van der Waals surface area contributed by atoms with Gasteiger partial charge in [0.15, 0.2) is 25.2 Å². The number of allylic oxidation sites excluding steroid dienone is 3. The van der Waals surface area contributed by atoms with E-state index in [-0.39, 0.29) is 34.6 Å². The van der Waals surface area contributed by atoms with E-state index in [2.05, 4.69) is 47.3 Å². The second kappa shape index (κ2) is 22.6. The predicted molar refractivity (Wildman–Crippen MR) is 266 cm³/mol. The van der Waals surface area contributed by atoms with Crippen molar-refractivity contribution in [1.29, 1.82) is 0 Å². The molecule has 0 radical (unpaired) electrons. The van der Waals surface area contributed by atoms with E-state index < -0.39 is 170 Å². The van der Waals surface area contributed by atoms with Crippen LogP contribution < -0.4 is 0 Å². The maximum absolute atomic E-state index is 14.4. The number of cyclic esters (lactones) is 1. The van der Waals surface area contributed by atoms with E-state index in [1.807, 2.05) is 6.92 Å². The van der Waals surface area contributed by atoms with E-state index in [0.29, 0.717) is 12.8 Å². The first-order chi connectivity index (χ1) is 36.6. The van der Waals surface area contributed by atoms with Gasteiger partial charge in [-0.15, -0.1) is 6.58 Å². The van der Waals surface area contributed by atoms with E-state index >= 15 is 0 Å². The maximum Gasteiger partial charge on any atom is 0.397 e. The SMILES string of the molecule is C=C(C)CCC[C@]1(C)OC(=O)[C@]23CC[C@@H]4C(=CCC5C(C)(C)C(O[C@@H]6OC[C@@H](OS(=O)(=O)O)[C@H](O)[C@H]6O[C@@H]6O[C@H](CO)[C@@H](O[C@@H]7OC[C@@H](O)[C@H](O[C@@H]8O[C@H](CO)[C@@H](O)[C@H](OC)[C@H]8O)[C@H]7O)[C@H](O)[C@H]6O)CC[C@@]54C)[C@]2(C)CC[C@@H]31. The third-order valence-electron chi connectivity index (χ3n) is 20.1. The molecule has 0 aromatic rings. The lowest BCUT2D eigenvalue weighted by molar-refractivity contribution is -0.385. The van der Waals surface area contributed by atoms with E-state index in [9.17, 15) is 63.7 Å².